The van der Waals surface area contributed by atoms with E-state index in [2.05, 4.69) is 20.9 Å². The zero-order valence-corrected chi connectivity index (χ0v) is 22.4. The average Bonchev–Trinajstić information content (AvgIpc) is 3.17. The third-order valence-electron chi connectivity index (χ3n) is 5.38. The van der Waals surface area contributed by atoms with Crippen LogP contribution in [0.2, 0.25) is 0 Å². The lowest BCUT2D eigenvalue weighted by atomic mass is 10.1. The lowest BCUT2D eigenvalue weighted by Crippen LogP contribution is -2.28. The highest BCUT2D eigenvalue weighted by Gasteiger charge is 2.32. The van der Waals surface area contributed by atoms with Crippen LogP contribution in [-0.2, 0) is 11.4 Å². The van der Waals surface area contributed by atoms with Gasteiger partial charge in [-0.25, -0.2) is 9.38 Å². The second kappa shape index (κ2) is 11.6. The number of thioether (sulfide) groups is 1. The summed E-state index contributed by atoms with van der Waals surface area (Å²) in [6.07, 6.45) is 1.79. The van der Waals surface area contributed by atoms with Crippen molar-refractivity contribution < 1.29 is 23.4 Å². The first-order chi connectivity index (χ1) is 17.4. The molecule has 1 saturated heterocycles. The summed E-state index contributed by atoms with van der Waals surface area (Å²) in [5, 5.41) is 0.606. The zero-order chi connectivity index (χ0) is 25.7. The number of likely N-dealkylation sites (N-methyl/N-ethyl adjacent to an activating group) is 1. The third-order valence-corrected chi connectivity index (χ3v) is 6.98. The third kappa shape index (κ3) is 5.74. The highest BCUT2D eigenvalue weighted by Crippen LogP contribution is 2.40. The smallest absolute Gasteiger partial charge is 0.266 e. The first-order valence-electron chi connectivity index (χ1n) is 11.1. The number of aliphatic imine (C=N–C) groups is 1. The van der Waals surface area contributed by atoms with Gasteiger partial charge in [0.1, 0.15) is 18.2 Å². The number of carbonyl (C=O) groups is 1. The number of hydrogen-bond acceptors (Lipinski definition) is 6. The number of hydrogen-bond donors (Lipinski definition) is 0. The van der Waals surface area contributed by atoms with Crippen molar-refractivity contribution >= 4 is 50.5 Å². The molecule has 0 aliphatic carbocycles. The first kappa shape index (κ1) is 25.8. The van der Waals surface area contributed by atoms with Crippen molar-refractivity contribution in [3.05, 3.63) is 87.0 Å². The summed E-state index contributed by atoms with van der Waals surface area (Å²) in [5.74, 6) is 1.19. The second-order valence-corrected chi connectivity index (χ2v) is 9.53. The van der Waals surface area contributed by atoms with Gasteiger partial charge in [0.2, 0.25) is 0 Å². The van der Waals surface area contributed by atoms with Crippen LogP contribution < -0.4 is 14.2 Å². The normalized spacial score (nSPS) is 15.6. The van der Waals surface area contributed by atoms with Crippen LogP contribution in [0.5, 0.6) is 17.2 Å². The van der Waals surface area contributed by atoms with E-state index in [0.29, 0.717) is 38.2 Å². The highest BCUT2D eigenvalue weighted by molar-refractivity contribution is 9.10. The van der Waals surface area contributed by atoms with Crippen molar-refractivity contribution in [3.8, 4) is 17.2 Å². The molecule has 1 heterocycles. The molecule has 3 aromatic carbocycles. The monoisotopic (exact) mass is 570 g/mol. The second-order valence-electron chi connectivity index (χ2n) is 7.67. The number of amides is 1. The number of ether oxygens (including phenoxy) is 3. The van der Waals surface area contributed by atoms with Gasteiger partial charge >= 0.3 is 0 Å². The van der Waals surface area contributed by atoms with Gasteiger partial charge in [0, 0.05) is 12.1 Å². The molecule has 0 saturated carbocycles. The van der Waals surface area contributed by atoms with Gasteiger partial charge in [-0.1, -0.05) is 18.2 Å². The molecule has 3 aromatic rings. The molecule has 0 aromatic heterocycles. The van der Waals surface area contributed by atoms with Crippen LogP contribution in [0, 0.1) is 5.82 Å². The fourth-order valence-corrected chi connectivity index (χ4v) is 5.15. The topological polar surface area (TPSA) is 60.4 Å². The Labute approximate surface area is 221 Å². The minimum absolute atomic E-state index is 0.0487. The van der Waals surface area contributed by atoms with E-state index >= 15 is 0 Å². The van der Waals surface area contributed by atoms with E-state index in [1.54, 1.807) is 42.4 Å². The van der Waals surface area contributed by atoms with Crippen molar-refractivity contribution in [2.75, 3.05) is 20.8 Å². The summed E-state index contributed by atoms with van der Waals surface area (Å²) in [7, 11) is 3.14. The van der Waals surface area contributed by atoms with Gasteiger partial charge in [-0.05, 0) is 88.7 Å². The molecule has 1 fully saturated rings. The van der Waals surface area contributed by atoms with Gasteiger partial charge in [-0.15, -0.1) is 0 Å². The molecule has 1 aliphatic heterocycles. The summed E-state index contributed by atoms with van der Waals surface area (Å²) in [5.41, 5.74) is 1.91. The molecule has 0 unspecified atom stereocenters. The lowest BCUT2D eigenvalue weighted by Gasteiger charge is -2.14. The largest absolute Gasteiger partial charge is 0.497 e. The molecule has 0 N–H and O–H groups in total. The van der Waals surface area contributed by atoms with Gasteiger partial charge < -0.3 is 14.2 Å². The van der Waals surface area contributed by atoms with Crippen molar-refractivity contribution in [1.29, 1.82) is 0 Å². The molecule has 0 atom stereocenters. The molecule has 36 heavy (non-hydrogen) atoms. The van der Waals surface area contributed by atoms with Crippen molar-refractivity contribution in [3.63, 3.8) is 0 Å². The van der Waals surface area contributed by atoms with Gasteiger partial charge in [0.25, 0.3) is 5.91 Å². The molecule has 1 amide bonds. The molecule has 0 bridgehead atoms. The molecule has 1 aliphatic rings. The number of benzene rings is 3. The number of amidine groups is 1. The number of nitrogens with zero attached hydrogens (tertiary/aromatic N) is 2. The summed E-state index contributed by atoms with van der Waals surface area (Å²) >= 11 is 4.84. The highest BCUT2D eigenvalue weighted by atomic mass is 79.9. The fourth-order valence-electron chi connectivity index (χ4n) is 3.52. The Bertz CT molecular complexity index is 1330. The van der Waals surface area contributed by atoms with E-state index in [4.69, 9.17) is 14.2 Å². The van der Waals surface area contributed by atoms with E-state index in [1.165, 1.54) is 24.9 Å². The van der Waals surface area contributed by atoms with Gasteiger partial charge in [-0.3, -0.25) is 9.69 Å². The van der Waals surface area contributed by atoms with E-state index in [-0.39, 0.29) is 18.3 Å². The number of carbonyl (C=O) groups excluding carboxylic acids is 1. The van der Waals surface area contributed by atoms with Crippen LogP contribution in [0.4, 0.5) is 10.1 Å². The quantitative estimate of drug-likeness (QED) is 0.278. The summed E-state index contributed by atoms with van der Waals surface area (Å²) < 4.78 is 31.2. The van der Waals surface area contributed by atoms with E-state index in [9.17, 15) is 9.18 Å². The SMILES string of the molecule is CCN1C(=O)/C(=C\c2cc(Br)c(OCc3ccccc3F)c(OC)c2)SC1=Nc1ccc(OC)cc1. The molecular formula is C27H24BrFN2O4S. The Morgan fingerprint density at radius 3 is 2.50 bits per heavy atom. The van der Waals surface area contributed by atoms with Crippen molar-refractivity contribution in [2.45, 2.75) is 13.5 Å². The van der Waals surface area contributed by atoms with Crippen LogP contribution in [0.3, 0.4) is 0 Å². The minimum Gasteiger partial charge on any atom is -0.497 e. The molecule has 4 rings (SSSR count). The van der Waals surface area contributed by atoms with E-state index < -0.39 is 0 Å². The molecule has 9 heteroatoms. The Morgan fingerprint density at radius 1 is 1.08 bits per heavy atom. The zero-order valence-electron chi connectivity index (χ0n) is 20.0. The maximum atomic E-state index is 14.0. The predicted molar refractivity (Wildman–Crippen MR) is 144 cm³/mol. The molecule has 0 radical (unpaired) electrons. The standard InChI is InChI=1S/C27H24BrFN2O4S/c1-4-31-26(32)24(36-27(31)30-19-9-11-20(33-2)12-10-19)15-17-13-21(28)25(23(14-17)34-3)35-16-18-7-5-6-8-22(18)29/h5-15H,4,16H2,1-3H3/b24-15+,30-27?. The van der Waals surface area contributed by atoms with Crippen molar-refractivity contribution in [2.24, 2.45) is 4.99 Å². The minimum atomic E-state index is -0.335. The molecule has 6 nitrogen and oxygen atoms in total. The van der Waals surface area contributed by atoms with Gasteiger partial charge in [0.05, 0.1) is 29.3 Å². The summed E-state index contributed by atoms with van der Waals surface area (Å²) in [6, 6.07) is 17.4. The maximum absolute atomic E-state index is 14.0. The van der Waals surface area contributed by atoms with Gasteiger partial charge in [-0.2, -0.15) is 0 Å². The van der Waals surface area contributed by atoms with Crippen LogP contribution in [0.15, 0.2) is 75.0 Å². The molecular weight excluding hydrogens is 547 g/mol. The van der Waals surface area contributed by atoms with Crippen LogP contribution in [0.1, 0.15) is 18.1 Å². The fraction of sp³-hybridized carbons (Fsp3) is 0.185. The molecule has 0 spiro atoms. The van der Waals surface area contributed by atoms with Crippen molar-refractivity contribution in [1.82, 2.24) is 4.90 Å². The predicted octanol–water partition coefficient (Wildman–Crippen LogP) is 6.81. The first-order valence-corrected chi connectivity index (χ1v) is 12.7. The Balaban J connectivity index is 1.58. The average molecular weight is 571 g/mol. The molecule has 186 valence electrons. The Morgan fingerprint density at radius 2 is 1.83 bits per heavy atom. The Hall–Kier alpha value is -3.30. The van der Waals surface area contributed by atoms with Gasteiger partial charge in [0.15, 0.2) is 16.7 Å². The lowest BCUT2D eigenvalue weighted by molar-refractivity contribution is -0.122. The summed E-state index contributed by atoms with van der Waals surface area (Å²) in [6.45, 7) is 2.45. The summed E-state index contributed by atoms with van der Waals surface area (Å²) in [4.78, 5) is 19.9. The van der Waals surface area contributed by atoms with E-state index in [0.717, 1.165) is 17.0 Å². The number of halogens is 2. The van der Waals surface area contributed by atoms with Crippen LogP contribution in [-0.4, -0.2) is 36.7 Å². The Kier molecular flexibility index (Phi) is 8.32. The maximum Gasteiger partial charge on any atom is 0.266 e. The van der Waals surface area contributed by atoms with Crippen LogP contribution in [0.25, 0.3) is 6.08 Å². The van der Waals surface area contributed by atoms with E-state index in [1.807, 2.05) is 37.3 Å². The number of rotatable bonds is 8. The number of methoxy groups -OCH3 is 2. The van der Waals surface area contributed by atoms with Crippen LogP contribution >= 0.6 is 27.7 Å².